The number of fused-ring (bicyclic) bond motifs is 1. The molecule has 0 atom stereocenters. The van der Waals surface area contributed by atoms with Crippen molar-refractivity contribution in [3.63, 3.8) is 0 Å². The van der Waals surface area contributed by atoms with Gasteiger partial charge >= 0.3 is 0 Å². The first-order chi connectivity index (χ1) is 13.2. The molecule has 0 spiro atoms. The number of rotatable bonds is 6. The van der Waals surface area contributed by atoms with Gasteiger partial charge in [0.25, 0.3) is 0 Å². The van der Waals surface area contributed by atoms with Crippen LogP contribution >= 0.6 is 11.6 Å². The van der Waals surface area contributed by atoms with Crippen molar-refractivity contribution in [2.24, 2.45) is 0 Å². The molecule has 0 aliphatic rings. The van der Waals surface area contributed by atoms with E-state index in [0.29, 0.717) is 18.2 Å². The molecule has 0 aliphatic carbocycles. The number of hydrogen-bond donors (Lipinski definition) is 0. The maximum Gasteiger partial charge on any atom is 0.141 e. The fourth-order valence-electron chi connectivity index (χ4n) is 3.07. The van der Waals surface area contributed by atoms with Crippen LogP contribution in [0.15, 0.2) is 72.8 Å². The van der Waals surface area contributed by atoms with Crippen molar-refractivity contribution < 1.29 is 9.47 Å². The van der Waals surface area contributed by atoms with Crippen LogP contribution in [-0.4, -0.2) is 23.3 Å². The second-order valence-electron chi connectivity index (χ2n) is 6.11. The van der Waals surface area contributed by atoms with E-state index in [1.807, 2.05) is 66.7 Å². The minimum atomic E-state index is 0.527. The Bertz CT molecular complexity index is 1060. The molecule has 0 amide bonds. The van der Waals surface area contributed by atoms with Gasteiger partial charge in [-0.2, -0.15) is 0 Å². The molecule has 0 unspecified atom stereocenters. The molecule has 3 aromatic carbocycles. The molecule has 4 nitrogen and oxygen atoms in total. The minimum absolute atomic E-state index is 0.527. The Kier molecular flexibility index (Phi) is 4.99. The van der Waals surface area contributed by atoms with E-state index < -0.39 is 0 Å². The van der Waals surface area contributed by atoms with Crippen LogP contribution < -0.4 is 9.47 Å². The summed E-state index contributed by atoms with van der Waals surface area (Å²) in [5.74, 6) is 2.50. The van der Waals surface area contributed by atoms with Crippen molar-refractivity contribution in [2.75, 3.05) is 13.7 Å². The SMILES string of the molecule is COc1cccc(-c2nc3ccccc3n2CCOc2ccc(Cl)cc2)c1. The van der Waals surface area contributed by atoms with Crippen molar-refractivity contribution in [3.05, 3.63) is 77.8 Å². The van der Waals surface area contributed by atoms with E-state index in [1.165, 1.54) is 0 Å². The molecule has 0 saturated carbocycles. The van der Waals surface area contributed by atoms with E-state index in [1.54, 1.807) is 7.11 Å². The highest BCUT2D eigenvalue weighted by Crippen LogP contribution is 2.27. The Morgan fingerprint density at radius 2 is 1.74 bits per heavy atom. The lowest BCUT2D eigenvalue weighted by Gasteiger charge is -2.11. The van der Waals surface area contributed by atoms with Gasteiger partial charge in [0.05, 0.1) is 24.7 Å². The van der Waals surface area contributed by atoms with Gasteiger partial charge in [-0.15, -0.1) is 0 Å². The van der Waals surface area contributed by atoms with Gasteiger partial charge < -0.3 is 14.0 Å². The second kappa shape index (κ2) is 7.72. The van der Waals surface area contributed by atoms with Gasteiger partial charge in [-0.1, -0.05) is 35.9 Å². The molecular formula is C22H19ClN2O2. The molecule has 0 N–H and O–H groups in total. The maximum atomic E-state index is 5.93. The van der Waals surface area contributed by atoms with Crippen molar-refractivity contribution in [1.82, 2.24) is 9.55 Å². The van der Waals surface area contributed by atoms with Gasteiger partial charge in [-0.25, -0.2) is 4.98 Å². The van der Waals surface area contributed by atoms with Crippen LogP contribution in [0.1, 0.15) is 0 Å². The number of halogens is 1. The lowest BCUT2D eigenvalue weighted by molar-refractivity contribution is 0.301. The molecule has 0 fully saturated rings. The molecule has 5 heteroatoms. The highest BCUT2D eigenvalue weighted by Gasteiger charge is 2.13. The van der Waals surface area contributed by atoms with Crippen LogP contribution in [-0.2, 0) is 6.54 Å². The van der Waals surface area contributed by atoms with E-state index >= 15 is 0 Å². The predicted octanol–water partition coefficient (Wildman–Crippen LogP) is 5.44. The van der Waals surface area contributed by atoms with Gasteiger partial charge in [0.1, 0.15) is 23.9 Å². The first-order valence-corrected chi connectivity index (χ1v) is 9.10. The number of hydrogen-bond acceptors (Lipinski definition) is 3. The van der Waals surface area contributed by atoms with Gasteiger partial charge in [-0.05, 0) is 48.5 Å². The third-order valence-electron chi connectivity index (χ3n) is 4.38. The minimum Gasteiger partial charge on any atom is -0.497 e. The van der Waals surface area contributed by atoms with E-state index in [2.05, 4.69) is 10.6 Å². The summed E-state index contributed by atoms with van der Waals surface area (Å²) in [5.41, 5.74) is 3.05. The molecule has 1 aromatic heterocycles. The Hall–Kier alpha value is -2.98. The molecule has 4 aromatic rings. The molecule has 0 saturated heterocycles. The van der Waals surface area contributed by atoms with E-state index in [0.717, 1.165) is 33.9 Å². The lowest BCUT2D eigenvalue weighted by atomic mass is 10.2. The molecule has 136 valence electrons. The first-order valence-electron chi connectivity index (χ1n) is 8.72. The average molecular weight is 379 g/mol. The molecule has 0 bridgehead atoms. The number of para-hydroxylation sites is 2. The molecule has 0 aliphatic heterocycles. The molecular weight excluding hydrogens is 360 g/mol. The van der Waals surface area contributed by atoms with Crippen molar-refractivity contribution in [1.29, 1.82) is 0 Å². The number of ether oxygens (including phenoxy) is 2. The summed E-state index contributed by atoms with van der Waals surface area (Å²) < 4.78 is 13.4. The number of nitrogens with zero attached hydrogens (tertiary/aromatic N) is 2. The highest BCUT2D eigenvalue weighted by atomic mass is 35.5. The third kappa shape index (κ3) is 3.76. The predicted molar refractivity (Wildman–Crippen MR) is 109 cm³/mol. The zero-order valence-electron chi connectivity index (χ0n) is 14.9. The Balaban J connectivity index is 1.64. The fourth-order valence-corrected chi connectivity index (χ4v) is 3.20. The number of methoxy groups -OCH3 is 1. The third-order valence-corrected chi connectivity index (χ3v) is 4.63. The van der Waals surface area contributed by atoms with Crippen molar-refractivity contribution in [3.8, 4) is 22.9 Å². The van der Waals surface area contributed by atoms with Crippen LogP contribution in [0.25, 0.3) is 22.4 Å². The van der Waals surface area contributed by atoms with E-state index in [9.17, 15) is 0 Å². The Morgan fingerprint density at radius 3 is 2.56 bits per heavy atom. The maximum absolute atomic E-state index is 5.93. The first kappa shape index (κ1) is 17.4. The van der Waals surface area contributed by atoms with Gasteiger partial charge in [0.2, 0.25) is 0 Å². The average Bonchev–Trinajstić information content (AvgIpc) is 3.08. The summed E-state index contributed by atoms with van der Waals surface area (Å²) >= 11 is 5.93. The van der Waals surface area contributed by atoms with Crippen LogP contribution in [0, 0.1) is 0 Å². The topological polar surface area (TPSA) is 36.3 Å². The lowest BCUT2D eigenvalue weighted by Crippen LogP contribution is -2.09. The number of aromatic nitrogens is 2. The Morgan fingerprint density at radius 1 is 0.926 bits per heavy atom. The summed E-state index contributed by atoms with van der Waals surface area (Å²) in [5, 5.41) is 0.697. The Labute approximate surface area is 162 Å². The highest BCUT2D eigenvalue weighted by molar-refractivity contribution is 6.30. The van der Waals surface area contributed by atoms with Crippen LogP contribution in [0.4, 0.5) is 0 Å². The monoisotopic (exact) mass is 378 g/mol. The standard InChI is InChI=1S/C22H19ClN2O2/c1-26-19-6-4-5-16(15-19)22-24-20-7-2-3-8-21(20)25(22)13-14-27-18-11-9-17(23)10-12-18/h2-12,15H,13-14H2,1H3. The smallest absolute Gasteiger partial charge is 0.141 e. The fraction of sp³-hybridized carbons (Fsp3) is 0.136. The summed E-state index contributed by atoms with van der Waals surface area (Å²) in [7, 11) is 1.67. The quantitative estimate of drug-likeness (QED) is 0.448. The summed E-state index contributed by atoms with van der Waals surface area (Å²) in [4.78, 5) is 4.83. The van der Waals surface area contributed by atoms with Crippen LogP contribution in [0.3, 0.4) is 0 Å². The number of benzene rings is 3. The molecule has 27 heavy (non-hydrogen) atoms. The largest absolute Gasteiger partial charge is 0.497 e. The zero-order valence-corrected chi connectivity index (χ0v) is 15.7. The van der Waals surface area contributed by atoms with Crippen LogP contribution in [0.2, 0.25) is 5.02 Å². The van der Waals surface area contributed by atoms with Crippen molar-refractivity contribution >= 4 is 22.6 Å². The normalized spacial score (nSPS) is 10.9. The molecule has 1 heterocycles. The van der Waals surface area contributed by atoms with E-state index in [-0.39, 0.29) is 0 Å². The summed E-state index contributed by atoms with van der Waals surface area (Å²) in [6.07, 6.45) is 0. The summed E-state index contributed by atoms with van der Waals surface area (Å²) in [6.45, 7) is 1.20. The van der Waals surface area contributed by atoms with Crippen LogP contribution in [0.5, 0.6) is 11.5 Å². The van der Waals surface area contributed by atoms with Gasteiger partial charge in [-0.3, -0.25) is 0 Å². The summed E-state index contributed by atoms with van der Waals surface area (Å²) in [6, 6.07) is 23.5. The second-order valence-corrected chi connectivity index (χ2v) is 6.55. The number of imidazole rings is 1. The van der Waals surface area contributed by atoms with Gasteiger partial charge in [0.15, 0.2) is 0 Å². The zero-order chi connectivity index (χ0) is 18.6. The van der Waals surface area contributed by atoms with Crippen molar-refractivity contribution in [2.45, 2.75) is 6.54 Å². The van der Waals surface area contributed by atoms with Gasteiger partial charge in [0, 0.05) is 10.6 Å². The molecule has 4 rings (SSSR count). The van der Waals surface area contributed by atoms with E-state index in [4.69, 9.17) is 26.1 Å². The molecule has 0 radical (unpaired) electrons.